The van der Waals surface area contributed by atoms with Gasteiger partial charge in [0.1, 0.15) is 17.6 Å². The minimum atomic E-state index is 0.453. The van der Waals surface area contributed by atoms with Gasteiger partial charge in [0.25, 0.3) is 0 Å². The molecule has 0 saturated carbocycles. The van der Waals surface area contributed by atoms with Crippen LogP contribution in [0.4, 0.5) is 5.82 Å². The Balaban J connectivity index is 2.77. The molecule has 0 aliphatic carbocycles. The predicted molar refractivity (Wildman–Crippen MR) is 45.2 cm³/mol. The SMILES string of the molecule is N#Cc1cc2cnc(N)cc2[nH]1. The molecule has 2 aromatic heterocycles. The Bertz CT molecular complexity index is 463. The quantitative estimate of drug-likeness (QED) is 0.600. The molecule has 0 bridgehead atoms. The van der Waals surface area contributed by atoms with Gasteiger partial charge in [-0.15, -0.1) is 0 Å². The largest absolute Gasteiger partial charge is 0.384 e. The van der Waals surface area contributed by atoms with E-state index in [1.807, 2.05) is 6.07 Å². The van der Waals surface area contributed by atoms with Crippen LogP contribution in [0.5, 0.6) is 0 Å². The predicted octanol–water partition coefficient (Wildman–Crippen LogP) is 1.02. The summed E-state index contributed by atoms with van der Waals surface area (Å²) in [6, 6.07) is 5.45. The molecule has 0 unspecified atom stereocenters. The Morgan fingerprint density at radius 2 is 2.33 bits per heavy atom. The highest BCUT2D eigenvalue weighted by atomic mass is 14.8. The zero-order valence-electron chi connectivity index (χ0n) is 6.20. The second kappa shape index (κ2) is 2.24. The summed E-state index contributed by atoms with van der Waals surface area (Å²) >= 11 is 0. The van der Waals surface area contributed by atoms with Crippen molar-refractivity contribution < 1.29 is 0 Å². The highest BCUT2D eigenvalue weighted by Crippen LogP contribution is 2.15. The second-order valence-electron chi connectivity index (χ2n) is 2.49. The molecule has 0 saturated heterocycles. The lowest BCUT2D eigenvalue weighted by atomic mass is 10.3. The van der Waals surface area contributed by atoms with Gasteiger partial charge >= 0.3 is 0 Å². The van der Waals surface area contributed by atoms with Crippen molar-refractivity contribution in [3.63, 3.8) is 0 Å². The smallest absolute Gasteiger partial charge is 0.125 e. The van der Waals surface area contributed by atoms with Crippen molar-refractivity contribution in [2.24, 2.45) is 0 Å². The number of fused-ring (bicyclic) bond motifs is 1. The van der Waals surface area contributed by atoms with Gasteiger partial charge in [0.05, 0.1) is 5.52 Å². The summed E-state index contributed by atoms with van der Waals surface area (Å²) in [7, 11) is 0. The van der Waals surface area contributed by atoms with E-state index in [1.54, 1.807) is 18.3 Å². The van der Waals surface area contributed by atoms with E-state index in [1.165, 1.54) is 0 Å². The monoisotopic (exact) mass is 158 g/mol. The molecule has 0 atom stereocenters. The van der Waals surface area contributed by atoms with E-state index in [0.717, 1.165) is 10.9 Å². The summed E-state index contributed by atoms with van der Waals surface area (Å²) in [5.41, 5.74) is 6.83. The molecule has 3 N–H and O–H groups in total. The molecular formula is C8H6N4. The number of nitrogens with two attached hydrogens (primary N) is 1. The van der Waals surface area contributed by atoms with E-state index in [-0.39, 0.29) is 0 Å². The molecule has 2 aromatic rings. The Kier molecular flexibility index (Phi) is 1.25. The van der Waals surface area contributed by atoms with Crippen LogP contribution < -0.4 is 5.73 Å². The molecular weight excluding hydrogens is 152 g/mol. The number of anilines is 1. The molecule has 4 nitrogen and oxygen atoms in total. The number of hydrogen-bond donors (Lipinski definition) is 2. The fourth-order valence-corrected chi connectivity index (χ4v) is 1.10. The molecule has 0 amide bonds. The highest BCUT2D eigenvalue weighted by molar-refractivity contribution is 5.82. The average molecular weight is 158 g/mol. The van der Waals surface area contributed by atoms with Gasteiger partial charge in [-0.2, -0.15) is 5.26 Å². The zero-order chi connectivity index (χ0) is 8.55. The topological polar surface area (TPSA) is 78.5 Å². The van der Waals surface area contributed by atoms with E-state index in [2.05, 4.69) is 9.97 Å². The van der Waals surface area contributed by atoms with Crippen LogP contribution in [0.25, 0.3) is 10.9 Å². The summed E-state index contributed by atoms with van der Waals surface area (Å²) in [6.45, 7) is 0. The lowest BCUT2D eigenvalue weighted by Crippen LogP contribution is -1.87. The van der Waals surface area contributed by atoms with Crippen molar-refractivity contribution in [3.8, 4) is 6.07 Å². The van der Waals surface area contributed by atoms with Crippen LogP contribution >= 0.6 is 0 Å². The molecule has 58 valence electrons. The van der Waals surface area contributed by atoms with Crippen molar-refractivity contribution in [3.05, 3.63) is 24.0 Å². The van der Waals surface area contributed by atoms with Crippen molar-refractivity contribution in [1.82, 2.24) is 9.97 Å². The molecule has 12 heavy (non-hydrogen) atoms. The van der Waals surface area contributed by atoms with Gasteiger partial charge in [-0.25, -0.2) is 4.98 Å². The minimum Gasteiger partial charge on any atom is -0.384 e. The van der Waals surface area contributed by atoms with Crippen LogP contribution in [0.15, 0.2) is 18.3 Å². The lowest BCUT2D eigenvalue weighted by molar-refractivity contribution is 1.35. The van der Waals surface area contributed by atoms with Gasteiger partial charge in [-0.3, -0.25) is 0 Å². The first-order valence-corrected chi connectivity index (χ1v) is 3.44. The number of hydrogen-bond acceptors (Lipinski definition) is 3. The molecule has 4 heteroatoms. The summed E-state index contributed by atoms with van der Waals surface area (Å²) < 4.78 is 0. The maximum absolute atomic E-state index is 8.58. The third kappa shape index (κ3) is 0.883. The first kappa shape index (κ1) is 6.68. The van der Waals surface area contributed by atoms with E-state index in [9.17, 15) is 0 Å². The first-order chi connectivity index (χ1) is 5.79. The molecule has 2 heterocycles. The average Bonchev–Trinajstić information content (AvgIpc) is 2.46. The third-order valence-electron chi connectivity index (χ3n) is 1.65. The number of nitriles is 1. The Morgan fingerprint density at radius 1 is 1.50 bits per heavy atom. The molecule has 0 aliphatic rings. The van der Waals surface area contributed by atoms with E-state index in [4.69, 9.17) is 11.0 Å². The minimum absolute atomic E-state index is 0.453. The molecule has 2 rings (SSSR count). The van der Waals surface area contributed by atoms with Crippen molar-refractivity contribution in [1.29, 1.82) is 5.26 Å². The van der Waals surface area contributed by atoms with Gasteiger partial charge in [0, 0.05) is 17.6 Å². The standard InChI is InChI=1S/C8H6N4/c9-3-6-1-5-4-11-8(10)2-7(5)12-6/h1-2,4,12H,(H2,10,11). The highest BCUT2D eigenvalue weighted by Gasteiger charge is 1.99. The normalized spacial score (nSPS) is 9.92. The Labute approximate surface area is 68.6 Å². The van der Waals surface area contributed by atoms with Gasteiger partial charge < -0.3 is 10.7 Å². The maximum Gasteiger partial charge on any atom is 0.125 e. The molecule has 0 aliphatic heterocycles. The molecule has 0 fully saturated rings. The summed E-state index contributed by atoms with van der Waals surface area (Å²) in [6.07, 6.45) is 1.64. The number of pyridine rings is 1. The van der Waals surface area contributed by atoms with E-state index >= 15 is 0 Å². The van der Waals surface area contributed by atoms with Crippen molar-refractivity contribution >= 4 is 16.7 Å². The Hall–Kier alpha value is -2.02. The zero-order valence-corrected chi connectivity index (χ0v) is 6.20. The summed E-state index contributed by atoms with van der Waals surface area (Å²) in [5.74, 6) is 0.453. The van der Waals surface area contributed by atoms with Crippen LogP contribution in [-0.2, 0) is 0 Å². The third-order valence-corrected chi connectivity index (χ3v) is 1.65. The van der Waals surface area contributed by atoms with Gasteiger partial charge in [-0.1, -0.05) is 0 Å². The van der Waals surface area contributed by atoms with Gasteiger partial charge in [0.2, 0.25) is 0 Å². The van der Waals surface area contributed by atoms with Crippen LogP contribution in [0.2, 0.25) is 0 Å². The molecule has 0 aromatic carbocycles. The first-order valence-electron chi connectivity index (χ1n) is 3.44. The number of H-pyrrole nitrogens is 1. The second-order valence-corrected chi connectivity index (χ2v) is 2.49. The van der Waals surface area contributed by atoms with Gasteiger partial charge in [0.15, 0.2) is 0 Å². The van der Waals surface area contributed by atoms with Crippen LogP contribution in [0.1, 0.15) is 5.69 Å². The number of nitrogen functional groups attached to an aromatic ring is 1. The van der Waals surface area contributed by atoms with Crippen molar-refractivity contribution in [2.45, 2.75) is 0 Å². The lowest BCUT2D eigenvalue weighted by Gasteiger charge is -1.89. The molecule has 0 spiro atoms. The number of aromatic amines is 1. The number of nitrogens with zero attached hydrogens (tertiary/aromatic N) is 2. The van der Waals surface area contributed by atoms with Crippen LogP contribution in [-0.4, -0.2) is 9.97 Å². The van der Waals surface area contributed by atoms with Crippen LogP contribution in [0.3, 0.4) is 0 Å². The Morgan fingerprint density at radius 3 is 3.08 bits per heavy atom. The van der Waals surface area contributed by atoms with E-state index in [0.29, 0.717) is 11.5 Å². The number of nitrogens with one attached hydrogen (secondary N) is 1. The van der Waals surface area contributed by atoms with E-state index < -0.39 is 0 Å². The van der Waals surface area contributed by atoms with Crippen molar-refractivity contribution in [2.75, 3.05) is 5.73 Å². The van der Waals surface area contributed by atoms with Crippen LogP contribution in [0, 0.1) is 11.3 Å². The molecule has 0 radical (unpaired) electrons. The fraction of sp³-hybridized carbons (Fsp3) is 0. The number of rotatable bonds is 0. The maximum atomic E-state index is 8.58. The summed E-state index contributed by atoms with van der Waals surface area (Å²) in [5, 5.41) is 9.48. The summed E-state index contributed by atoms with van der Waals surface area (Å²) in [4.78, 5) is 6.81. The fourth-order valence-electron chi connectivity index (χ4n) is 1.10. The van der Waals surface area contributed by atoms with Gasteiger partial charge in [-0.05, 0) is 6.07 Å². The number of aromatic nitrogens is 2.